The quantitative estimate of drug-likeness (QED) is 0.378. The first-order valence-corrected chi connectivity index (χ1v) is 1.84. The average molecular weight is 359 g/mol. The van der Waals surface area contributed by atoms with Crippen molar-refractivity contribution >= 4 is 18.5 Å². The molecule has 12 heteroatoms. The molecule has 0 bridgehead atoms. The maximum atomic E-state index is 8.33. The zero-order chi connectivity index (χ0) is 10.7. The van der Waals surface area contributed by atoms with Crippen molar-refractivity contribution in [1.29, 1.82) is 0 Å². The number of rotatable bonds is 0. The van der Waals surface area contributed by atoms with E-state index in [-0.39, 0.29) is 53.0 Å². The van der Waals surface area contributed by atoms with E-state index < -0.39 is 18.5 Å². The summed E-state index contributed by atoms with van der Waals surface area (Å²) in [5.74, 6) is 0. The summed E-state index contributed by atoms with van der Waals surface area (Å²) in [5.41, 5.74) is 0. The number of hydrogen-bond acceptors (Lipinski definition) is 9. The third kappa shape index (κ3) is 5750. The fraction of sp³-hybridized carbons (Fsp3) is 0. The Morgan fingerprint density at radius 2 is 0.600 bits per heavy atom. The second-order valence-electron chi connectivity index (χ2n) is 0.750. The molecule has 0 N–H and O–H groups in total. The normalized spacial score (nSPS) is 4.80. The van der Waals surface area contributed by atoms with Gasteiger partial charge in [-0.2, -0.15) is 0 Å². The minimum Gasteiger partial charge on any atom is -0.652 e. The molecule has 0 aromatic heterocycles. The molecule has 15 heavy (non-hydrogen) atoms. The third-order valence-electron chi connectivity index (χ3n) is 0. The molecule has 0 heterocycles. The van der Waals surface area contributed by atoms with Crippen molar-refractivity contribution in [3.63, 3.8) is 0 Å². The van der Waals surface area contributed by atoms with Gasteiger partial charge in [0.15, 0.2) is 0 Å². The van der Waals surface area contributed by atoms with Crippen molar-refractivity contribution in [1.82, 2.24) is 0 Å². The summed E-state index contributed by atoms with van der Waals surface area (Å²) in [6.45, 7) is 0. The van der Waals surface area contributed by atoms with Crippen LogP contribution in [0.15, 0.2) is 0 Å². The van der Waals surface area contributed by atoms with E-state index in [0.717, 1.165) is 0 Å². The van der Waals surface area contributed by atoms with Gasteiger partial charge in [0.2, 0.25) is 0 Å². The Bertz CT molecular complexity index is 123. The molecule has 0 fully saturated rings. The minimum atomic E-state index is -2.33. The van der Waals surface area contributed by atoms with Crippen molar-refractivity contribution in [2.45, 2.75) is 0 Å². The molecule has 1 radical (unpaired) electrons. The molecule has 0 rings (SSSR count). The molecule has 85 valence electrons. The molecule has 0 aliphatic heterocycles. The third-order valence-corrected chi connectivity index (χ3v) is 0. The second kappa shape index (κ2) is 29.2. The Morgan fingerprint density at radius 1 is 0.600 bits per heavy atom. The van der Waals surface area contributed by atoms with Gasteiger partial charge in [-0.1, -0.05) is 0 Å². The predicted octanol–water partition coefficient (Wildman–Crippen LogP) is -7.35. The molecule has 0 unspecified atom stereocenters. The topological polar surface area (TPSA) is 190 Å². The van der Waals surface area contributed by atoms with Crippen molar-refractivity contribution in [2.75, 3.05) is 0 Å². The molecular formula is C3MnNiO9Zn. The van der Waals surface area contributed by atoms with Crippen LogP contribution >= 0.6 is 0 Å². The Morgan fingerprint density at radius 3 is 0.600 bits per heavy atom. The maximum absolute atomic E-state index is 8.33. The molecule has 9 nitrogen and oxygen atoms in total. The summed E-state index contributed by atoms with van der Waals surface area (Å²) >= 11 is 0. The van der Waals surface area contributed by atoms with Crippen LogP contribution in [0.1, 0.15) is 0 Å². The summed E-state index contributed by atoms with van der Waals surface area (Å²) in [6, 6.07) is 0. The molecule has 0 aliphatic carbocycles. The summed E-state index contributed by atoms with van der Waals surface area (Å²) < 4.78 is 0. The van der Waals surface area contributed by atoms with Gasteiger partial charge in [0.05, 0.1) is 0 Å². The first kappa shape index (κ1) is 36.6. The monoisotopic (exact) mass is 357 g/mol. The van der Waals surface area contributed by atoms with Gasteiger partial charge in [0, 0.05) is 0 Å². The van der Waals surface area contributed by atoms with Gasteiger partial charge in [-0.15, -0.1) is 0 Å². The molecule has 0 aromatic rings. The number of carboxylic acid groups (broad SMARTS) is 6. The number of carbonyl (C=O) groups excluding carboxylic acids is 3. The van der Waals surface area contributed by atoms with Crippen LogP contribution in [0.3, 0.4) is 0 Å². The first-order chi connectivity index (χ1) is 5.20. The van der Waals surface area contributed by atoms with Gasteiger partial charge in [0.1, 0.15) is 0 Å². The Kier molecular flexibility index (Phi) is 71.3. The predicted molar refractivity (Wildman–Crippen MR) is 16.2 cm³/mol. The van der Waals surface area contributed by atoms with Crippen LogP contribution in [-0.2, 0) is 53.0 Å². The Hall–Kier alpha value is -0.554. The summed E-state index contributed by atoms with van der Waals surface area (Å²) in [4.78, 5) is 25.0. The molecule has 0 saturated carbocycles. The molecule has 0 aliphatic rings. The Labute approximate surface area is 116 Å². The van der Waals surface area contributed by atoms with Crippen molar-refractivity contribution in [3.8, 4) is 0 Å². The van der Waals surface area contributed by atoms with E-state index in [1.165, 1.54) is 0 Å². The molecule has 0 saturated heterocycles. The van der Waals surface area contributed by atoms with Gasteiger partial charge in [-0.25, -0.2) is 0 Å². The molecular weight excluding hydrogens is 359 g/mol. The first-order valence-electron chi connectivity index (χ1n) is 1.84. The van der Waals surface area contributed by atoms with Crippen LogP contribution in [0.4, 0.5) is 14.4 Å². The van der Waals surface area contributed by atoms with E-state index >= 15 is 0 Å². The molecule has 0 atom stereocenters. The second-order valence-corrected chi connectivity index (χ2v) is 0.750. The number of hydrogen-bond donors (Lipinski definition) is 0. The molecule has 0 spiro atoms. The van der Waals surface area contributed by atoms with E-state index in [1.807, 2.05) is 0 Å². The van der Waals surface area contributed by atoms with Crippen LogP contribution < -0.4 is 30.6 Å². The maximum Gasteiger partial charge on any atom is 2.00 e. The standard InChI is InChI=1S/3CH2O3.Mn.Ni.Zn/c3*2-1(3)4;;;/h3*(H2,2,3,4);;;/q;;;3*+2/p-6. The smallest absolute Gasteiger partial charge is 0.652 e. The van der Waals surface area contributed by atoms with Crippen LogP contribution in [0.2, 0.25) is 0 Å². The van der Waals surface area contributed by atoms with Crippen LogP contribution in [0, 0.1) is 0 Å². The van der Waals surface area contributed by atoms with E-state index in [0.29, 0.717) is 0 Å². The fourth-order valence-corrected chi connectivity index (χ4v) is 0. The SMILES string of the molecule is O=C([O-])[O-].O=C([O-])[O-].O=C([O-])[O-].[Mn+2].[Ni+2].[Zn+2]. The van der Waals surface area contributed by atoms with E-state index in [9.17, 15) is 0 Å². The Balaban J connectivity index is -0.0000000184. The summed E-state index contributed by atoms with van der Waals surface area (Å²) in [7, 11) is 0. The van der Waals surface area contributed by atoms with Gasteiger partial charge in [0.25, 0.3) is 0 Å². The number of carbonyl (C=O) groups is 3. The van der Waals surface area contributed by atoms with Gasteiger partial charge in [-0.3, -0.25) is 0 Å². The molecule has 0 aromatic carbocycles. The van der Waals surface area contributed by atoms with Crippen LogP contribution in [-0.4, -0.2) is 18.5 Å². The van der Waals surface area contributed by atoms with Crippen LogP contribution in [0.25, 0.3) is 0 Å². The average Bonchev–Trinajstić information content (AvgIpc) is 1.54. The van der Waals surface area contributed by atoms with Gasteiger partial charge < -0.3 is 45.0 Å². The van der Waals surface area contributed by atoms with Gasteiger partial charge in [-0.05, 0) is 18.5 Å². The van der Waals surface area contributed by atoms with E-state index in [4.69, 9.17) is 45.0 Å². The van der Waals surface area contributed by atoms with Crippen molar-refractivity contribution < 1.29 is 98.1 Å². The van der Waals surface area contributed by atoms with E-state index in [1.54, 1.807) is 0 Å². The fourth-order valence-electron chi connectivity index (χ4n) is 0. The zero-order valence-corrected chi connectivity index (χ0v) is 11.7. The zero-order valence-electron chi connectivity index (χ0n) is 6.58. The summed E-state index contributed by atoms with van der Waals surface area (Å²) in [6.07, 6.45) is -7.00. The molecule has 0 amide bonds. The summed E-state index contributed by atoms with van der Waals surface area (Å²) in [5, 5.41) is 50.0. The largest absolute Gasteiger partial charge is 2.00 e. The van der Waals surface area contributed by atoms with Crippen molar-refractivity contribution in [3.05, 3.63) is 0 Å². The van der Waals surface area contributed by atoms with Crippen molar-refractivity contribution in [2.24, 2.45) is 0 Å². The van der Waals surface area contributed by atoms with E-state index in [2.05, 4.69) is 0 Å². The van der Waals surface area contributed by atoms with Crippen LogP contribution in [0.5, 0.6) is 0 Å². The minimum absolute atomic E-state index is 0. The van der Waals surface area contributed by atoms with Gasteiger partial charge >= 0.3 is 53.0 Å².